The minimum Gasteiger partial charge on any atom is -0.476 e. The summed E-state index contributed by atoms with van der Waals surface area (Å²) in [6, 6.07) is 3.13. The second kappa shape index (κ2) is 4.54. The molecule has 0 heterocycles. The average Bonchev–Trinajstić information content (AvgIpc) is 2.13. The maximum absolute atomic E-state index is 8.45. The molecule has 78 valence electrons. The van der Waals surface area contributed by atoms with Crippen LogP contribution in [0.15, 0.2) is 12.1 Å². The highest BCUT2D eigenvalue weighted by Gasteiger charge is 2.05. The lowest BCUT2D eigenvalue weighted by molar-refractivity contribution is 0.198. The predicted molar refractivity (Wildman–Crippen MR) is 55.4 cm³/mol. The highest BCUT2D eigenvalue weighted by atomic mass is 16.5. The Morgan fingerprint density at radius 2 is 2.00 bits per heavy atom. The fourth-order valence-corrected chi connectivity index (χ4v) is 0.964. The number of rotatable bonds is 4. The fourth-order valence-electron chi connectivity index (χ4n) is 0.964. The van der Waals surface area contributed by atoms with E-state index in [1.807, 2.05) is 0 Å². The van der Waals surface area contributed by atoms with Gasteiger partial charge >= 0.3 is 0 Å². The summed E-state index contributed by atoms with van der Waals surface area (Å²) >= 11 is 0. The van der Waals surface area contributed by atoms with Crippen molar-refractivity contribution in [3.05, 3.63) is 12.1 Å². The van der Waals surface area contributed by atoms with Gasteiger partial charge in [0.05, 0.1) is 18.1 Å². The number of nitrogens with two attached hydrogens (primary N) is 3. The van der Waals surface area contributed by atoms with Crippen molar-refractivity contribution >= 4 is 17.1 Å². The van der Waals surface area contributed by atoms with E-state index in [1.165, 1.54) is 0 Å². The first-order valence-corrected chi connectivity index (χ1v) is 4.04. The molecule has 1 aromatic rings. The molecule has 8 N–H and O–H groups in total. The van der Waals surface area contributed by atoms with Gasteiger partial charge in [0.25, 0.3) is 0 Å². The van der Waals surface area contributed by atoms with Crippen LogP contribution in [0.4, 0.5) is 17.1 Å². The molecule has 14 heavy (non-hydrogen) atoms. The van der Waals surface area contributed by atoms with Gasteiger partial charge in [-0.25, -0.2) is 0 Å². The van der Waals surface area contributed by atoms with Crippen molar-refractivity contribution in [2.24, 2.45) is 0 Å². The second-order valence-corrected chi connectivity index (χ2v) is 2.72. The Morgan fingerprint density at radius 1 is 1.29 bits per heavy atom. The first-order chi connectivity index (χ1) is 6.65. The lowest BCUT2D eigenvalue weighted by Gasteiger charge is -2.11. The number of ether oxygens (including phenoxy) is 1. The Bertz CT molecular complexity index is 316. The van der Waals surface area contributed by atoms with E-state index in [4.69, 9.17) is 27.0 Å². The number of aliphatic hydroxyl groups excluding tert-OH is 1. The van der Waals surface area contributed by atoms with Gasteiger partial charge < -0.3 is 27.0 Å². The van der Waals surface area contributed by atoms with Crippen molar-refractivity contribution in [3.8, 4) is 5.75 Å². The molecule has 6 heteroatoms. The van der Waals surface area contributed by atoms with Gasteiger partial charge in [-0.3, -0.25) is 5.32 Å². The van der Waals surface area contributed by atoms with E-state index >= 15 is 0 Å². The van der Waals surface area contributed by atoms with Gasteiger partial charge in [-0.15, -0.1) is 0 Å². The Hall–Kier alpha value is -1.66. The van der Waals surface area contributed by atoms with E-state index < -0.39 is 0 Å². The standard InChI is InChI=1S/C8H14N4O2/c9-5-1-6(10)8(11)7(2-5)14-4-12-3-13/h1-2,12-13H,3-4,9-11H2. The van der Waals surface area contributed by atoms with Crippen LogP contribution in [0.1, 0.15) is 0 Å². The largest absolute Gasteiger partial charge is 0.476 e. The number of aliphatic hydroxyl groups is 1. The number of anilines is 3. The van der Waals surface area contributed by atoms with E-state index in [0.717, 1.165) is 0 Å². The average molecular weight is 198 g/mol. The molecule has 0 aliphatic heterocycles. The Kier molecular flexibility index (Phi) is 3.38. The second-order valence-electron chi connectivity index (χ2n) is 2.72. The zero-order chi connectivity index (χ0) is 10.6. The highest BCUT2D eigenvalue weighted by molar-refractivity contribution is 5.75. The van der Waals surface area contributed by atoms with Gasteiger partial charge in [-0.05, 0) is 6.07 Å². The first-order valence-electron chi connectivity index (χ1n) is 4.04. The molecule has 0 saturated carbocycles. The van der Waals surface area contributed by atoms with Gasteiger partial charge in [0.1, 0.15) is 12.5 Å². The smallest absolute Gasteiger partial charge is 0.148 e. The third-order valence-corrected chi connectivity index (χ3v) is 1.64. The summed E-state index contributed by atoms with van der Waals surface area (Å²) in [5.41, 5.74) is 18.0. The predicted octanol–water partition coefficient (Wildman–Crippen LogP) is -0.691. The van der Waals surface area contributed by atoms with Gasteiger partial charge in [0.15, 0.2) is 0 Å². The molecule has 1 aromatic carbocycles. The Morgan fingerprint density at radius 3 is 2.64 bits per heavy atom. The number of benzene rings is 1. The molecule has 0 spiro atoms. The van der Waals surface area contributed by atoms with Crippen molar-refractivity contribution < 1.29 is 9.84 Å². The molecule has 0 fully saturated rings. The van der Waals surface area contributed by atoms with E-state index in [1.54, 1.807) is 12.1 Å². The van der Waals surface area contributed by atoms with Crippen LogP contribution in [0.2, 0.25) is 0 Å². The monoisotopic (exact) mass is 198 g/mol. The number of hydrogen-bond donors (Lipinski definition) is 5. The molecule has 0 atom stereocenters. The molecule has 0 aromatic heterocycles. The molecule has 0 bridgehead atoms. The summed E-state index contributed by atoms with van der Waals surface area (Å²) in [5, 5.41) is 11.0. The van der Waals surface area contributed by atoms with Gasteiger partial charge in [0.2, 0.25) is 0 Å². The van der Waals surface area contributed by atoms with Crippen LogP contribution in [0.5, 0.6) is 5.75 Å². The zero-order valence-corrected chi connectivity index (χ0v) is 7.66. The quantitative estimate of drug-likeness (QED) is 0.248. The zero-order valence-electron chi connectivity index (χ0n) is 7.66. The maximum atomic E-state index is 8.45. The SMILES string of the molecule is Nc1cc(N)c(N)c(OCNCO)c1. The third-order valence-electron chi connectivity index (χ3n) is 1.64. The van der Waals surface area contributed by atoms with Crippen LogP contribution >= 0.6 is 0 Å². The lowest BCUT2D eigenvalue weighted by atomic mass is 10.2. The number of nitrogens with one attached hydrogen (secondary N) is 1. The lowest BCUT2D eigenvalue weighted by Crippen LogP contribution is -2.21. The Labute approximate surface area is 81.6 Å². The molecule has 6 nitrogen and oxygen atoms in total. The topological polar surface area (TPSA) is 120 Å². The summed E-state index contributed by atoms with van der Waals surface area (Å²) in [6.45, 7) is -0.0265. The minimum atomic E-state index is -0.169. The number of nitrogen functional groups attached to an aromatic ring is 3. The van der Waals surface area contributed by atoms with Crippen molar-refractivity contribution in [2.45, 2.75) is 0 Å². The highest BCUT2D eigenvalue weighted by Crippen LogP contribution is 2.30. The summed E-state index contributed by atoms with van der Waals surface area (Å²) in [7, 11) is 0. The van der Waals surface area contributed by atoms with Gasteiger partial charge in [0, 0.05) is 11.8 Å². The fraction of sp³-hybridized carbons (Fsp3) is 0.250. The molecule has 0 radical (unpaired) electrons. The summed E-state index contributed by atoms with van der Waals surface area (Å²) in [6.07, 6.45) is 0. The Balaban J connectivity index is 2.75. The van der Waals surface area contributed by atoms with Crippen LogP contribution in [0.3, 0.4) is 0 Å². The summed E-state index contributed by atoms with van der Waals surface area (Å²) in [5.74, 6) is 0.406. The van der Waals surface area contributed by atoms with Crippen molar-refractivity contribution in [1.82, 2.24) is 5.32 Å². The van der Waals surface area contributed by atoms with Crippen LogP contribution in [-0.2, 0) is 0 Å². The molecular formula is C8H14N4O2. The van der Waals surface area contributed by atoms with Crippen molar-refractivity contribution in [1.29, 1.82) is 0 Å². The van der Waals surface area contributed by atoms with E-state index in [9.17, 15) is 0 Å². The molecule has 0 amide bonds. The molecule has 0 unspecified atom stereocenters. The molecule has 0 saturated heterocycles. The van der Waals surface area contributed by atoms with Crippen LogP contribution in [0, 0.1) is 0 Å². The van der Waals surface area contributed by atoms with Gasteiger partial charge in [-0.1, -0.05) is 0 Å². The van der Waals surface area contributed by atoms with Crippen LogP contribution in [-0.4, -0.2) is 18.6 Å². The van der Waals surface area contributed by atoms with Crippen molar-refractivity contribution in [2.75, 3.05) is 30.7 Å². The van der Waals surface area contributed by atoms with E-state index in [0.29, 0.717) is 22.8 Å². The maximum Gasteiger partial charge on any atom is 0.148 e. The summed E-state index contributed by atoms with van der Waals surface area (Å²) in [4.78, 5) is 0. The molecule has 0 aliphatic carbocycles. The minimum absolute atomic E-state index is 0.142. The summed E-state index contributed by atoms with van der Waals surface area (Å²) < 4.78 is 5.18. The molecular weight excluding hydrogens is 184 g/mol. The van der Waals surface area contributed by atoms with Crippen LogP contribution < -0.4 is 27.3 Å². The van der Waals surface area contributed by atoms with Crippen LogP contribution in [0.25, 0.3) is 0 Å². The van der Waals surface area contributed by atoms with E-state index in [2.05, 4.69) is 5.32 Å². The number of hydrogen-bond acceptors (Lipinski definition) is 6. The van der Waals surface area contributed by atoms with Gasteiger partial charge in [-0.2, -0.15) is 0 Å². The van der Waals surface area contributed by atoms with Crippen molar-refractivity contribution in [3.63, 3.8) is 0 Å². The molecule has 0 aliphatic rings. The first kappa shape index (κ1) is 10.4. The molecule has 1 rings (SSSR count). The third kappa shape index (κ3) is 2.41. The normalized spacial score (nSPS) is 10.1. The van der Waals surface area contributed by atoms with E-state index in [-0.39, 0.29) is 13.5 Å².